The number of pyridine rings is 1. The second-order valence-corrected chi connectivity index (χ2v) is 3.99. The molecular weight excluding hydrogens is 208 g/mol. The molecule has 0 aliphatic carbocycles. The Morgan fingerprint density at radius 2 is 2.13 bits per heavy atom. The van der Waals surface area contributed by atoms with E-state index in [9.17, 15) is 0 Å². The summed E-state index contributed by atoms with van der Waals surface area (Å²) in [6, 6.07) is 7.63. The second kappa shape index (κ2) is 3.01. The number of halogens is 1. The first-order chi connectivity index (χ1) is 7.25. The van der Waals surface area contributed by atoms with E-state index in [1.54, 1.807) is 6.20 Å². The summed E-state index contributed by atoms with van der Waals surface area (Å²) in [4.78, 5) is 4.20. The van der Waals surface area contributed by atoms with Gasteiger partial charge in [0, 0.05) is 28.1 Å². The van der Waals surface area contributed by atoms with Crippen LogP contribution in [0.4, 0.5) is 0 Å². The number of fused-ring (bicyclic) bond motifs is 3. The van der Waals surface area contributed by atoms with Gasteiger partial charge in [-0.05, 0) is 18.2 Å². The number of hydrogen-bond donors (Lipinski definition) is 0. The third-order valence-corrected chi connectivity index (χ3v) is 2.78. The first-order valence-electron chi connectivity index (χ1n) is 4.69. The zero-order valence-corrected chi connectivity index (χ0v) is 8.88. The first-order valence-corrected chi connectivity index (χ1v) is 5.07. The van der Waals surface area contributed by atoms with Gasteiger partial charge in [-0.25, -0.2) is 4.98 Å². The van der Waals surface area contributed by atoms with Crippen LogP contribution in [0.5, 0.6) is 0 Å². The molecule has 1 aromatic carbocycles. The molecule has 15 heavy (non-hydrogen) atoms. The number of rotatable bonds is 0. The molecule has 0 unspecified atom stereocenters. The minimum absolute atomic E-state index is 0.673. The van der Waals surface area contributed by atoms with E-state index in [0.29, 0.717) is 10.7 Å². The molecule has 0 bridgehead atoms. The van der Waals surface area contributed by atoms with Gasteiger partial charge in [0.2, 0.25) is 5.71 Å². The molecule has 2 heterocycles. The summed E-state index contributed by atoms with van der Waals surface area (Å²) >= 11 is 5.91. The van der Waals surface area contributed by atoms with Gasteiger partial charge >= 0.3 is 0 Å². The predicted octanol–water partition coefficient (Wildman–Crippen LogP) is 1.89. The summed E-state index contributed by atoms with van der Waals surface area (Å²) in [7, 11) is 2.05. The molecule has 3 aromatic rings. The van der Waals surface area contributed by atoms with Gasteiger partial charge in [0.05, 0.1) is 0 Å². The number of hydrogen-bond acceptors (Lipinski definition) is 2. The van der Waals surface area contributed by atoms with Crippen LogP contribution in [0.2, 0.25) is 5.02 Å². The summed E-state index contributed by atoms with van der Waals surface area (Å²) in [5, 5.41) is 2.82. The van der Waals surface area contributed by atoms with Crippen molar-refractivity contribution in [2.24, 2.45) is 0 Å². The SMILES string of the molecule is Bc1ccnc2oc3cc(Cl)ccc3c12. The maximum absolute atomic E-state index is 5.91. The Labute approximate surface area is 92.3 Å². The summed E-state index contributed by atoms with van der Waals surface area (Å²) < 4.78 is 5.62. The first kappa shape index (κ1) is 8.80. The highest BCUT2D eigenvalue weighted by molar-refractivity contribution is 6.41. The van der Waals surface area contributed by atoms with Crippen molar-refractivity contribution in [1.29, 1.82) is 0 Å². The molecule has 0 saturated heterocycles. The van der Waals surface area contributed by atoms with Crippen LogP contribution in [0.1, 0.15) is 0 Å². The lowest BCUT2D eigenvalue weighted by Crippen LogP contribution is -2.02. The topological polar surface area (TPSA) is 26.0 Å². The van der Waals surface area contributed by atoms with Crippen LogP contribution in [0.3, 0.4) is 0 Å². The maximum atomic E-state index is 5.91. The number of benzene rings is 1. The Morgan fingerprint density at radius 1 is 1.27 bits per heavy atom. The normalized spacial score (nSPS) is 11.3. The van der Waals surface area contributed by atoms with Gasteiger partial charge in [-0.2, -0.15) is 0 Å². The minimum Gasteiger partial charge on any atom is -0.438 e. The summed E-state index contributed by atoms with van der Waals surface area (Å²) in [5.74, 6) is 0. The van der Waals surface area contributed by atoms with Crippen molar-refractivity contribution in [2.45, 2.75) is 0 Å². The Kier molecular flexibility index (Phi) is 1.76. The molecule has 0 N–H and O–H groups in total. The number of aromatic nitrogens is 1. The molecule has 0 saturated carbocycles. The highest BCUT2D eigenvalue weighted by Gasteiger charge is 2.09. The van der Waals surface area contributed by atoms with Crippen molar-refractivity contribution in [2.75, 3.05) is 0 Å². The van der Waals surface area contributed by atoms with Crippen LogP contribution >= 0.6 is 11.6 Å². The zero-order chi connectivity index (χ0) is 10.4. The fourth-order valence-electron chi connectivity index (χ4n) is 1.83. The van der Waals surface area contributed by atoms with Gasteiger partial charge in [0.25, 0.3) is 0 Å². The van der Waals surface area contributed by atoms with Gasteiger partial charge in [-0.1, -0.05) is 17.1 Å². The smallest absolute Gasteiger partial charge is 0.226 e. The molecule has 3 rings (SSSR count). The van der Waals surface area contributed by atoms with Gasteiger partial charge in [0.1, 0.15) is 13.4 Å². The third kappa shape index (κ3) is 1.23. The molecule has 0 atom stereocenters. The zero-order valence-electron chi connectivity index (χ0n) is 8.12. The van der Waals surface area contributed by atoms with Crippen molar-refractivity contribution in [1.82, 2.24) is 4.98 Å². The highest BCUT2D eigenvalue weighted by Crippen LogP contribution is 2.27. The monoisotopic (exact) mass is 215 g/mol. The van der Waals surface area contributed by atoms with Crippen molar-refractivity contribution in [3.63, 3.8) is 0 Å². The quantitative estimate of drug-likeness (QED) is 0.535. The number of nitrogens with zero attached hydrogens (tertiary/aromatic N) is 1. The van der Waals surface area contributed by atoms with E-state index in [4.69, 9.17) is 16.0 Å². The van der Waals surface area contributed by atoms with Crippen molar-refractivity contribution in [3.05, 3.63) is 35.5 Å². The van der Waals surface area contributed by atoms with E-state index in [1.807, 2.05) is 32.1 Å². The van der Waals surface area contributed by atoms with E-state index in [1.165, 1.54) is 5.46 Å². The molecule has 72 valence electrons. The minimum atomic E-state index is 0.673. The maximum Gasteiger partial charge on any atom is 0.226 e. The molecular formula is C11H7BClNO. The lowest BCUT2D eigenvalue weighted by Gasteiger charge is -1.93. The third-order valence-electron chi connectivity index (χ3n) is 2.54. The summed E-state index contributed by atoms with van der Waals surface area (Å²) in [5.41, 5.74) is 2.63. The average molecular weight is 215 g/mol. The summed E-state index contributed by atoms with van der Waals surface area (Å²) in [6.45, 7) is 0. The van der Waals surface area contributed by atoms with E-state index in [-0.39, 0.29) is 0 Å². The molecule has 0 amide bonds. The second-order valence-electron chi connectivity index (χ2n) is 3.55. The average Bonchev–Trinajstić information content (AvgIpc) is 2.56. The van der Waals surface area contributed by atoms with E-state index < -0.39 is 0 Å². The van der Waals surface area contributed by atoms with Gasteiger partial charge in [0.15, 0.2) is 0 Å². The largest absolute Gasteiger partial charge is 0.438 e. The highest BCUT2D eigenvalue weighted by atomic mass is 35.5. The van der Waals surface area contributed by atoms with Crippen LogP contribution in [-0.4, -0.2) is 12.8 Å². The Hall–Kier alpha value is -1.48. The molecule has 0 aliphatic rings. The lowest BCUT2D eigenvalue weighted by molar-refractivity contribution is 0.654. The van der Waals surface area contributed by atoms with Crippen molar-refractivity contribution in [3.8, 4) is 0 Å². The van der Waals surface area contributed by atoms with Crippen LogP contribution in [0.25, 0.3) is 22.1 Å². The lowest BCUT2D eigenvalue weighted by atomic mass is 9.93. The van der Waals surface area contributed by atoms with Crippen LogP contribution in [-0.2, 0) is 0 Å². The van der Waals surface area contributed by atoms with E-state index >= 15 is 0 Å². The summed E-state index contributed by atoms with van der Waals surface area (Å²) in [6.07, 6.45) is 1.75. The molecule has 0 aliphatic heterocycles. The van der Waals surface area contributed by atoms with Gasteiger partial charge in [-0.3, -0.25) is 0 Å². The molecule has 0 spiro atoms. The Bertz CT molecular complexity index is 662. The van der Waals surface area contributed by atoms with Gasteiger partial charge in [-0.15, -0.1) is 0 Å². The van der Waals surface area contributed by atoms with Crippen LogP contribution < -0.4 is 5.46 Å². The molecule has 0 fully saturated rings. The predicted molar refractivity (Wildman–Crippen MR) is 64.7 cm³/mol. The van der Waals surface area contributed by atoms with Crippen molar-refractivity contribution >= 4 is 47.0 Å². The molecule has 2 aromatic heterocycles. The van der Waals surface area contributed by atoms with Gasteiger partial charge < -0.3 is 4.42 Å². The van der Waals surface area contributed by atoms with E-state index in [2.05, 4.69) is 4.98 Å². The number of furan rings is 1. The Balaban J connectivity index is 2.59. The standard InChI is InChI=1S/C11H7BClNO/c12-8-3-4-14-11-10(8)7-2-1-6(13)5-9(7)15-11/h1-5H,12H2. The fraction of sp³-hybridized carbons (Fsp3) is 0. The fourth-order valence-corrected chi connectivity index (χ4v) is 1.99. The molecule has 0 radical (unpaired) electrons. The molecule has 2 nitrogen and oxygen atoms in total. The Morgan fingerprint density at radius 3 is 3.00 bits per heavy atom. The van der Waals surface area contributed by atoms with E-state index in [0.717, 1.165) is 16.4 Å². The van der Waals surface area contributed by atoms with Crippen LogP contribution in [0, 0.1) is 0 Å². The van der Waals surface area contributed by atoms with Crippen LogP contribution in [0.15, 0.2) is 34.9 Å². The molecule has 4 heteroatoms. The van der Waals surface area contributed by atoms with Crippen molar-refractivity contribution < 1.29 is 4.42 Å².